The van der Waals surface area contributed by atoms with E-state index in [4.69, 9.17) is 0 Å². The Kier molecular flexibility index (Phi) is 6.99. The topological polar surface area (TPSA) is 15.3 Å². The Bertz CT molecular complexity index is 308. The lowest BCUT2D eigenvalue weighted by molar-refractivity contribution is 0.312. The van der Waals surface area contributed by atoms with Crippen LogP contribution in [0.3, 0.4) is 0 Å². The molecule has 0 radical (unpaired) electrons. The van der Waals surface area contributed by atoms with Crippen molar-refractivity contribution < 1.29 is 0 Å². The van der Waals surface area contributed by atoms with E-state index in [0.29, 0.717) is 12.0 Å². The van der Waals surface area contributed by atoms with Gasteiger partial charge in [0.15, 0.2) is 0 Å². The van der Waals surface area contributed by atoms with Gasteiger partial charge in [-0.15, -0.1) is 0 Å². The van der Waals surface area contributed by atoms with Gasteiger partial charge in [0.1, 0.15) is 0 Å². The van der Waals surface area contributed by atoms with Crippen LogP contribution in [0.4, 0.5) is 0 Å². The van der Waals surface area contributed by atoms with Crippen LogP contribution in [0.25, 0.3) is 0 Å². The standard InChI is InChI=1S/C16H28N2/c1-14(2)15(3)17-11-8-12-18(4)13-16-9-6-5-7-10-16/h5-7,9-10,14-15,17H,8,11-13H2,1-4H3. The lowest BCUT2D eigenvalue weighted by Crippen LogP contribution is -2.33. The Morgan fingerprint density at radius 3 is 2.39 bits per heavy atom. The number of rotatable bonds is 8. The lowest BCUT2D eigenvalue weighted by Gasteiger charge is -2.20. The van der Waals surface area contributed by atoms with Crippen molar-refractivity contribution in [2.45, 2.75) is 39.8 Å². The minimum absolute atomic E-state index is 0.615. The molecule has 1 aromatic carbocycles. The summed E-state index contributed by atoms with van der Waals surface area (Å²) in [5.41, 5.74) is 1.39. The van der Waals surface area contributed by atoms with Gasteiger partial charge in [-0.05, 0) is 45.0 Å². The zero-order valence-corrected chi connectivity index (χ0v) is 12.3. The first-order valence-corrected chi connectivity index (χ1v) is 7.05. The number of hydrogen-bond acceptors (Lipinski definition) is 2. The van der Waals surface area contributed by atoms with Gasteiger partial charge in [-0.2, -0.15) is 0 Å². The normalized spacial score (nSPS) is 13.2. The molecule has 0 aliphatic heterocycles. The highest BCUT2D eigenvalue weighted by molar-refractivity contribution is 5.14. The van der Waals surface area contributed by atoms with E-state index in [1.54, 1.807) is 0 Å². The maximum atomic E-state index is 3.57. The molecular formula is C16H28N2. The van der Waals surface area contributed by atoms with Crippen molar-refractivity contribution in [2.75, 3.05) is 20.1 Å². The van der Waals surface area contributed by atoms with Gasteiger partial charge in [-0.25, -0.2) is 0 Å². The Hall–Kier alpha value is -0.860. The first kappa shape index (κ1) is 15.2. The fourth-order valence-electron chi connectivity index (χ4n) is 1.89. The summed E-state index contributed by atoms with van der Waals surface area (Å²) in [6, 6.07) is 11.3. The Labute approximate surface area is 112 Å². The summed E-state index contributed by atoms with van der Waals surface area (Å²) >= 11 is 0. The molecule has 0 heterocycles. The van der Waals surface area contributed by atoms with Gasteiger partial charge in [0.25, 0.3) is 0 Å². The summed E-state index contributed by atoms with van der Waals surface area (Å²) in [6.45, 7) is 10.1. The zero-order chi connectivity index (χ0) is 13.4. The van der Waals surface area contributed by atoms with Crippen molar-refractivity contribution in [1.82, 2.24) is 10.2 Å². The van der Waals surface area contributed by atoms with Crippen LogP contribution in [0.15, 0.2) is 30.3 Å². The van der Waals surface area contributed by atoms with Crippen molar-refractivity contribution in [3.8, 4) is 0 Å². The molecule has 0 amide bonds. The van der Waals surface area contributed by atoms with Crippen LogP contribution in [0.1, 0.15) is 32.8 Å². The SMILES string of the molecule is CC(C)C(C)NCCCN(C)Cc1ccccc1. The van der Waals surface area contributed by atoms with Gasteiger partial charge in [0.05, 0.1) is 0 Å². The van der Waals surface area contributed by atoms with E-state index in [1.807, 2.05) is 0 Å². The van der Waals surface area contributed by atoms with Crippen LogP contribution < -0.4 is 5.32 Å². The quantitative estimate of drug-likeness (QED) is 0.711. The highest BCUT2D eigenvalue weighted by atomic mass is 15.1. The van der Waals surface area contributed by atoms with Gasteiger partial charge < -0.3 is 10.2 Å². The molecule has 0 fully saturated rings. The van der Waals surface area contributed by atoms with Gasteiger partial charge in [0.2, 0.25) is 0 Å². The molecule has 0 aromatic heterocycles. The molecule has 1 unspecified atom stereocenters. The minimum Gasteiger partial charge on any atom is -0.314 e. The van der Waals surface area contributed by atoms with Gasteiger partial charge in [-0.3, -0.25) is 0 Å². The Morgan fingerprint density at radius 1 is 1.11 bits per heavy atom. The van der Waals surface area contributed by atoms with Gasteiger partial charge in [0, 0.05) is 12.6 Å². The van der Waals surface area contributed by atoms with Crippen LogP contribution in [0.5, 0.6) is 0 Å². The molecule has 1 N–H and O–H groups in total. The van der Waals surface area contributed by atoms with Crippen molar-refractivity contribution in [3.63, 3.8) is 0 Å². The van der Waals surface area contributed by atoms with Crippen molar-refractivity contribution >= 4 is 0 Å². The summed E-state index contributed by atoms with van der Waals surface area (Å²) in [6.07, 6.45) is 1.21. The molecule has 0 spiro atoms. The molecule has 2 heteroatoms. The van der Waals surface area contributed by atoms with Crippen LogP contribution in [0.2, 0.25) is 0 Å². The number of nitrogens with zero attached hydrogens (tertiary/aromatic N) is 1. The first-order chi connectivity index (χ1) is 8.59. The van der Waals surface area contributed by atoms with Crippen LogP contribution in [-0.2, 0) is 6.54 Å². The predicted molar refractivity (Wildman–Crippen MR) is 79.7 cm³/mol. The van der Waals surface area contributed by atoms with E-state index in [9.17, 15) is 0 Å². The molecule has 1 aromatic rings. The average Bonchev–Trinajstić information content (AvgIpc) is 2.35. The number of benzene rings is 1. The maximum Gasteiger partial charge on any atom is 0.0230 e. The molecule has 0 aliphatic carbocycles. The van der Waals surface area contributed by atoms with Crippen LogP contribution in [-0.4, -0.2) is 31.1 Å². The first-order valence-electron chi connectivity index (χ1n) is 7.05. The molecule has 0 saturated carbocycles. The Balaban J connectivity index is 2.12. The molecule has 18 heavy (non-hydrogen) atoms. The summed E-state index contributed by atoms with van der Waals surface area (Å²) in [5.74, 6) is 0.715. The predicted octanol–water partition coefficient (Wildman–Crippen LogP) is 3.14. The van der Waals surface area contributed by atoms with E-state index in [1.165, 1.54) is 12.0 Å². The fraction of sp³-hybridized carbons (Fsp3) is 0.625. The highest BCUT2D eigenvalue weighted by Gasteiger charge is 2.05. The summed E-state index contributed by atoms with van der Waals surface area (Å²) < 4.78 is 0. The third-order valence-electron chi connectivity index (χ3n) is 3.48. The van der Waals surface area contributed by atoms with E-state index in [0.717, 1.165) is 19.6 Å². The van der Waals surface area contributed by atoms with E-state index >= 15 is 0 Å². The van der Waals surface area contributed by atoms with E-state index in [-0.39, 0.29) is 0 Å². The number of nitrogens with one attached hydrogen (secondary N) is 1. The molecule has 1 atom stereocenters. The highest BCUT2D eigenvalue weighted by Crippen LogP contribution is 2.03. The zero-order valence-electron chi connectivity index (χ0n) is 12.3. The minimum atomic E-state index is 0.615. The summed E-state index contributed by atoms with van der Waals surface area (Å²) in [7, 11) is 2.19. The molecule has 0 aliphatic rings. The smallest absolute Gasteiger partial charge is 0.0230 e. The van der Waals surface area contributed by atoms with Crippen molar-refractivity contribution in [2.24, 2.45) is 5.92 Å². The van der Waals surface area contributed by atoms with Gasteiger partial charge in [-0.1, -0.05) is 44.2 Å². The van der Waals surface area contributed by atoms with E-state index in [2.05, 4.69) is 68.4 Å². The monoisotopic (exact) mass is 248 g/mol. The molecule has 102 valence electrons. The average molecular weight is 248 g/mol. The second-order valence-corrected chi connectivity index (χ2v) is 5.56. The third kappa shape index (κ3) is 6.18. The van der Waals surface area contributed by atoms with E-state index < -0.39 is 0 Å². The molecule has 1 rings (SSSR count). The van der Waals surface area contributed by atoms with Crippen LogP contribution >= 0.6 is 0 Å². The van der Waals surface area contributed by atoms with Crippen molar-refractivity contribution in [3.05, 3.63) is 35.9 Å². The summed E-state index contributed by atoms with van der Waals surface area (Å²) in [4.78, 5) is 2.39. The second-order valence-electron chi connectivity index (χ2n) is 5.56. The Morgan fingerprint density at radius 2 is 1.78 bits per heavy atom. The molecule has 0 bridgehead atoms. The van der Waals surface area contributed by atoms with Gasteiger partial charge >= 0.3 is 0 Å². The molecule has 0 saturated heterocycles. The van der Waals surface area contributed by atoms with Crippen LogP contribution in [0, 0.1) is 5.92 Å². The largest absolute Gasteiger partial charge is 0.314 e. The second kappa shape index (κ2) is 8.28. The molecule has 2 nitrogen and oxygen atoms in total. The third-order valence-corrected chi connectivity index (χ3v) is 3.48. The summed E-state index contributed by atoms with van der Waals surface area (Å²) in [5, 5.41) is 3.57. The lowest BCUT2D eigenvalue weighted by atomic mass is 10.1. The van der Waals surface area contributed by atoms with Crippen molar-refractivity contribution in [1.29, 1.82) is 0 Å². The number of hydrogen-bond donors (Lipinski definition) is 1. The fourth-order valence-corrected chi connectivity index (χ4v) is 1.89. The molecular weight excluding hydrogens is 220 g/mol. The maximum absolute atomic E-state index is 3.57.